The first kappa shape index (κ1) is 18.4. The van der Waals surface area contributed by atoms with E-state index in [0.717, 1.165) is 31.2 Å². The molecule has 144 valence electrons. The van der Waals surface area contributed by atoms with E-state index >= 15 is 0 Å². The molecule has 0 N–H and O–H groups in total. The minimum atomic E-state index is -0.259. The molecule has 0 amide bonds. The number of hydrogen-bond donors (Lipinski definition) is 0. The second-order valence-electron chi connectivity index (χ2n) is 6.20. The van der Waals surface area contributed by atoms with E-state index in [1.54, 1.807) is 52.9 Å². The molecule has 0 spiro atoms. The van der Waals surface area contributed by atoms with Crippen LogP contribution in [0.3, 0.4) is 0 Å². The minimum absolute atomic E-state index is 0.0877. The molecule has 5 rings (SSSR count). The van der Waals surface area contributed by atoms with Crippen LogP contribution in [0.1, 0.15) is 18.1 Å². The number of nitrogens with zero attached hydrogens (tertiary/aromatic N) is 4. The standard InChI is InChI=1S/C20H13FN4OS3/c1-11(17-24-25-18(26-17)15-3-2-8-27-15)29-20-16-14(9-28-19(16)22-10-23-20)12-4-6-13(21)7-5-12/h2-11H,1H3. The first-order chi connectivity index (χ1) is 14.2. The van der Waals surface area contributed by atoms with E-state index in [1.807, 2.05) is 29.8 Å². The first-order valence-corrected chi connectivity index (χ1v) is 11.3. The predicted octanol–water partition coefficient (Wildman–Crippen LogP) is 6.46. The maximum atomic E-state index is 13.3. The van der Waals surface area contributed by atoms with Gasteiger partial charge in [0, 0.05) is 10.9 Å². The molecule has 0 fully saturated rings. The SMILES string of the molecule is CC(Sc1ncnc2scc(-c3ccc(F)cc3)c12)c1nnc(-c2cccs2)o1. The maximum Gasteiger partial charge on any atom is 0.257 e. The van der Waals surface area contributed by atoms with Crippen LogP contribution in [0.2, 0.25) is 0 Å². The van der Waals surface area contributed by atoms with Gasteiger partial charge in [0.05, 0.1) is 15.5 Å². The Morgan fingerprint density at radius 2 is 1.93 bits per heavy atom. The fraction of sp³-hybridized carbons (Fsp3) is 0.100. The van der Waals surface area contributed by atoms with Crippen molar-refractivity contribution in [2.75, 3.05) is 0 Å². The lowest BCUT2D eigenvalue weighted by Gasteiger charge is -2.08. The van der Waals surface area contributed by atoms with E-state index in [0.29, 0.717) is 11.8 Å². The monoisotopic (exact) mass is 440 g/mol. The molecule has 5 nitrogen and oxygen atoms in total. The van der Waals surface area contributed by atoms with E-state index in [1.165, 1.54) is 12.1 Å². The average molecular weight is 441 g/mol. The first-order valence-electron chi connectivity index (χ1n) is 8.71. The van der Waals surface area contributed by atoms with Gasteiger partial charge in [-0.1, -0.05) is 30.0 Å². The van der Waals surface area contributed by atoms with E-state index in [2.05, 4.69) is 20.2 Å². The summed E-state index contributed by atoms with van der Waals surface area (Å²) in [5.41, 5.74) is 1.92. The Kier molecular flexibility index (Phi) is 4.86. The van der Waals surface area contributed by atoms with Crippen molar-refractivity contribution in [3.8, 4) is 21.9 Å². The quantitative estimate of drug-likeness (QED) is 0.231. The molecule has 0 radical (unpaired) electrons. The summed E-state index contributed by atoms with van der Waals surface area (Å²) in [5.74, 6) is 0.812. The van der Waals surface area contributed by atoms with Crippen molar-refractivity contribution >= 4 is 44.7 Å². The molecule has 5 aromatic rings. The summed E-state index contributed by atoms with van der Waals surface area (Å²) >= 11 is 4.65. The van der Waals surface area contributed by atoms with Crippen LogP contribution in [0.15, 0.2) is 62.9 Å². The molecular formula is C20H13FN4OS3. The third-order valence-corrected chi connectivity index (χ3v) is 7.13. The molecule has 0 bridgehead atoms. The lowest BCUT2D eigenvalue weighted by molar-refractivity contribution is 0.510. The number of thiophene rings is 2. The van der Waals surface area contributed by atoms with Crippen LogP contribution in [0.5, 0.6) is 0 Å². The molecule has 0 saturated carbocycles. The average Bonchev–Trinajstić information content (AvgIpc) is 3.48. The van der Waals surface area contributed by atoms with Gasteiger partial charge in [-0.05, 0) is 36.1 Å². The molecule has 4 aromatic heterocycles. The molecule has 9 heteroatoms. The Morgan fingerprint density at radius 3 is 2.72 bits per heavy atom. The van der Waals surface area contributed by atoms with Crippen LogP contribution >= 0.6 is 34.4 Å². The van der Waals surface area contributed by atoms with Crippen LogP contribution in [-0.4, -0.2) is 20.2 Å². The summed E-state index contributed by atoms with van der Waals surface area (Å²) in [5, 5.41) is 14.1. The minimum Gasteiger partial charge on any atom is -0.419 e. The van der Waals surface area contributed by atoms with Gasteiger partial charge in [0.25, 0.3) is 5.89 Å². The van der Waals surface area contributed by atoms with Crippen molar-refractivity contribution < 1.29 is 8.81 Å². The highest BCUT2D eigenvalue weighted by atomic mass is 32.2. The van der Waals surface area contributed by atoms with Crippen LogP contribution in [-0.2, 0) is 0 Å². The number of halogens is 1. The van der Waals surface area contributed by atoms with Crippen molar-refractivity contribution in [1.82, 2.24) is 20.2 Å². The fourth-order valence-corrected chi connectivity index (χ4v) is 5.48. The number of fused-ring (bicyclic) bond motifs is 1. The maximum absolute atomic E-state index is 13.3. The van der Waals surface area contributed by atoms with Gasteiger partial charge < -0.3 is 4.42 Å². The van der Waals surface area contributed by atoms with Crippen LogP contribution in [0.4, 0.5) is 4.39 Å². The Bertz CT molecular complexity index is 1260. The van der Waals surface area contributed by atoms with Gasteiger partial charge in [0.2, 0.25) is 5.89 Å². The molecule has 4 heterocycles. The molecule has 1 unspecified atom stereocenters. The largest absolute Gasteiger partial charge is 0.419 e. The van der Waals surface area contributed by atoms with Crippen molar-refractivity contribution in [1.29, 1.82) is 0 Å². The zero-order valence-electron chi connectivity index (χ0n) is 15.1. The lowest BCUT2D eigenvalue weighted by atomic mass is 10.1. The highest BCUT2D eigenvalue weighted by Crippen LogP contribution is 2.42. The predicted molar refractivity (Wildman–Crippen MR) is 115 cm³/mol. The third-order valence-electron chi connectivity index (χ3n) is 4.30. The summed E-state index contributed by atoms with van der Waals surface area (Å²) < 4.78 is 19.2. The second kappa shape index (κ2) is 7.66. The van der Waals surface area contributed by atoms with Crippen molar-refractivity contribution in [2.24, 2.45) is 0 Å². The zero-order valence-corrected chi connectivity index (χ0v) is 17.5. The van der Waals surface area contributed by atoms with Crippen molar-refractivity contribution in [3.63, 3.8) is 0 Å². The number of benzene rings is 1. The Hall–Kier alpha value is -2.62. The van der Waals surface area contributed by atoms with Crippen molar-refractivity contribution in [3.05, 3.63) is 65.2 Å². The van der Waals surface area contributed by atoms with E-state index in [-0.39, 0.29) is 11.1 Å². The normalized spacial score (nSPS) is 12.5. The van der Waals surface area contributed by atoms with Crippen LogP contribution in [0, 0.1) is 5.82 Å². The van der Waals surface area contributed by atoms with Crippen LogP contribution in [0.25, 0.3) is 32.1 Å². The molecular weight excluding hydrogens is 427 g/mol. The Labute approximate surface area is 177 Å². The van der Waals surface area contributed by atoms with Crippen LogP contribution < -0.4 is 0 Å². The number of aromatic nitrogens is 4. The molecule has 0 aliphatic carbocycles. The number of hydrogen-bond acceptors (Lipinski definition) is 8. The Balaban J connectivity index is 1.49. The Morgan fingerprint density at radius 1 is 1.07 bits per heavy atom. The van der Waals surface area contributed by atoms with Gasteiger partial charge in [-0.3, -0.25) is 0 Å². The summed E-state index contributed by atoms with van der Waals surface area (Å²) in [4.78, 5) is 10.7. The molecule has 0 aliphatic rings. The summed E-state index contributed by atoms with van der Waals surface area (Å²) in [6.07, 6.45) is 1.56. The summed E-state index contributed by atoms with van der Waals surface area (Å²) in [7, 11) is 0. The van der Waals surface area contributed by atoms with Gasteiger partial charge >= 0.3 is 0 Å². The smallest absolute Gasteiger partial charge is 0.257 e. The van der Waals surface area contributed by atoms with Gasteiger partial charge in [-0.25, -0.2) is 14.4 Å². The van der Waals surface area contributed by atoms with E-state index < -0.39 is 0 Å². The fourth-order valence-electron chi connectivity index (χ4n) is 2.90. The molecule has 29 heavy (non-hydrogen) atoms. The summed E-state index contributed by atoms with van der Waals surface area (Å²) in [6.45, 7) is 2.01. The van der Waals surface area contributed by atoms with Gasteiger partial charge in [0.15, 0.2) is 0 Å². The van der Waals surface area contributed by atoms with E-state index in [4.69, 9.17) is 4.42 Å². The van der Waals surface area contributed by atoms with Gasteiger partial charge in [0.1, 0.15) is 22.0 Å². The highest BCUT2D eigenvalue weighted by molar-refractivity contribution is 7.99. The zero-order chi connectivity index (χ0) is 19.8. The van der Waals surface area contributed by atoms with Gasteiger partial charge in [-0.15, -0.1) is 32.9 Å². The lowest BCUT2D eigenvalue weighted by Crippen LogP contribution is -1.92. The van der Waals surface area contributed by atoms with Gasteiger partial charge in [-0.2, -0.15) is 0 Å². The highest BCUT2D eigenvalue weighted by Gasteiger charge is 2.21. The number of thioether (sulfide) groups is 1. The third kappa shape index (κ3) is 3.57. The molecule has 1 aromatic carbocycles. The summed E-state index contributed by atoms with van der Waals surface area (Å²) in [6, 6.07) is 10.4. The van der Waals surface area contributed by atoms with Crippen molar-refractivity contribution in [2.45, 2.75) is 17.2 Å². The second-order valence-corrected chi connectivity index (χ2v) is 9.33. The topological polar surface area (TPSA) is 64.7 Å². The van der Waals surface area contributed by atoms with E-state index in [9.17, 15) is 4.39 Å². The molecule has 0 aliphatic heterocycles. The number of rotatable bonds is 5. The molecule has 0 saturated heterocycles. The molecule has 1 atom stereocenters.